The molecule has 6 heteroatoms. The molecule has 0 amide bonds. The Kier molecular flexibility index (Phi) is 11.1. The predicted molar refractivity (Wildman–Crippen MR) is 112 cm³/mol. The van der Waals surface area contributed by atoms with E-state index in [-0.39, 0.29) is 6.79 Å². The van der Waals surface area contributed by atoms with Gasteiger partial charge in [0.25, 0.3) is 0 Å². The van der Waals surface area contributed by atoms with Gasteiger partial charge in [0.05, 0.1) is 32.7 Å². The fourth-order valence-corrected chi connectivity index (χ4v) is 2.04. The summed E-state index contributed by atoms with van der Waals surface area (Å²) < 4.78 is 20.1. The maximum atomic E-state index is 9.59. The van der Waals surface area contributed by atoms with Gasteiger partial charge in [-0.05, 0) is 36.8 Å². The molecular weight excluding hydrogens is 372 g/mol. The summed E-state index contributed by atoms with van der Waals surface area (Å²) in [7, 11) is 3.03. The van der Waals surface area contributed by atoms with Gasteiger partial charge in [-0.15, -0.1) is 0 Å². The monoisotopic (exact) mass is 400 g/mol. The van der Waals surface area contributed by atoms with Crippen molar-refractivity contribution >= 4 is 16.7 Å². The SMILES string of the molecule is COC=CC(=O)O.COCCOCOC(C)(C)C#Cc1ccc2ccccc2c1. The number of rotatable bonds is 8. The van der Waals surface area contributed by atoms with Crippen LogP contribution in [0.15, 0.2) is 54.8 Å². The molecule has 0 saturated heterocycles. The number of hydrogen-bond donors (Lipinski definition) is 1. The molecule has 0 spiro atoms. The molecule has 1 N–H and O–H groups in total. The van der Waals surface area contributed by atoms with Crippen LogP contribution in [0.1, 0.15) is 19.4 Å². The largest absolute Gasteiger partial charge is 0.504 e. The van der Waals surface area contributed by atoms with E-state index < -0.39 is 11.6 Å². The van der Waals surface area contributed by atoms with E-state index in [0.29, 0.717) is 13.2 Å². The predicted octanol–water partition coefficient (Wildman–Crippen LogP) is 3.84. The van der Waals surface area contributed by atoms with Crippen LogP contribution in [0, 0.1) is 11.8 Å². The van der Waals surface area contributed by atoms with Gasteiger partial charge in [-0.1, -0.05) is 42.2 Å². The zero-order valence-electron chi connectivity index (χ0n) is 17.3. The molecule has 0 unspecified atom stereocenters. The van der Waals surface area contributed by atoms with Gasteiger partial charge in [0.2, 0.25) is 0 Å². The number of aliphatic carboxylic acids is 1. The minimum absolute atomic E-state index is 0.211. The number of carbonyl (C=O) groups is 1. The molecule has 0 heterocycles. The Bertz CT molecular complexity index is 845. The molecule has 0 bridgehead atoms. The molecule has 0 radical (unpaired) electrons. The van der Waals surface area contributed by atoms with Gasteiger partial charge in [0.1, 0.15) is 12.4 Å². The molecule has 0 aliphatic heterocycles. The van der Waals surface area contributed by atoms with Gasteiger partial charge < -0.3 is 24.1 Å². The zero-order chi connectivity index (χ0) is 21.5. The highest BCUT2D eigenvalue weighted by Crippen LogP contribution is 2.15. The second-order valence-corrected chi connectivity index (χ2v) is 6.36. The van der Waals surface area contributed by atoms with Crippen molar-refractivity contribution in [1.82, 2.24) is 0 Å². The molecule has 0 aliphatic rings. The Balaban J connectivity index is 0.000000516. The fraction of sp³-hybridized carbons (Fsp3) is 0.348. The van der Waals surface area contributed by atoms with Crippen LogP contribution >= 0.6 is 0 Å². The molecule has 6 nitrogen and oxygen atoms in total. The summed E-state index contributed by atoms with van der Waals surface area (Å²) in [6.45, 7) is 5.15. The van der Waals surface area contributed by atoms with E-state index in [1.807, 2.05) is 32.0 Å². The van der Waals surface area contributed by atoms with E-state index >= 15 is 0 Å². The summed E-state index contributed by atoms with van der Waals surface area (Å²) in [5.41, 5.74) is 0.425. The fourth-order valence-electron chi connectivity index (χ4n) is 2.04. The van der Waals surface area contributed by atoms with Crippen molar-refractivity contribution in [2.24, 2.45) is 0 Å². The third-order valence-corrected chi connectivity index (χ3v) is 3.54. The Hall–Kier alpha value is -2.85. The van der Waals surface area contributed by atoms with Gasteiger partial charge in [0.15, 0.2) is 0 Å². The van der Waals surface area contributed by atoms with E-state index in [2.05, 4.69) is 40.8 Å². The minimum atomic E-state index is -0.998. The van der Waals surface area contributed by atoms with E-state index in [0.717, 1.165) is 17.9 Å². The maximum Gasteiger partial charge on any atom is 0.331 e. The summed E-state index contributed by atoms with van der Waals surface area (Å²) in [6, 6.07) is 14.5. The van der Waals surface area contributed by atoms with Crippen LogP contribution < -0.4 is 0 Å². The van der Waals surface area contributed by atoms with Crippen molar-refractivity contribution in [2.75, 3.05) is 34.2 Å². The van der Waals surface area contributed by atoms with E-state index in [1.165, 1.54) is 17.9 Å². The van der Waals surface area contributed by atoms with Crippen LogP contribution in [0.25, 0.3) is 10.8 Å². The number of ether oxygens (including phenoxy) is 4. The lowest BCUT2D eigenvalue weighted by Gasteiger charge is -2.18. The second-order valence-electron chi connectivity index (χ2n) is 6.36. The first-order valence-electron chi connectivity index (χ1n) is 9.03. The number of benzene rings is 2. The van der Waals surface area contributed by atoms with E-state index in [4.69, 9.17) is 19.3 Å². The molecule has 29 heavy (non-hydrogen) atoms. The average Bonchev–Trinajstić information content (AvgIpc) is 2.71. The van der Waals surface area contributed by atoms with Crippen LogP contribution in [0.3, 0.4) is 0 Å². The third kappa shape index (κ3) is 10.9. The molecule has 2 rings (SSSR count). The first-order chi connectivity index (χ1) is 13.9. The van der Waals surface area contributed by atoms with Crippen LogP contribution in [0.2, 0.25) is 0 Å². The Labute approximate surface area is 172 Å². The van der Waals surface area contributed by atoms with Crippen LogP contribution in [0.5, 0.6) is 0 Å². The molecule has 0 aliphatic carbocycles. The second kappa shape index (κ2) is 13.3. The molecule has 0 aromatic heterocycles. The van der Waals surface area contributed by atoms with Gasteiger partial charge in [-0.3, -0.25) is 0 Å². The number of methoxy groups -OCH3 is 2. The highest BCUT2D eigenvalue weighted by atomic mass is 16.7. The van der Waals surface area contributed by atoms with Crippen LogP contribution in [-0.4, -0.2) is 50.9 Å². The van der Waals surface area contributed by atoms with Gasteiger partial charge in [0, 0.05) is 12.7 Å². The van der Waals surface area contributed by atoms with E-state index in [1.54, 1.807) is 7.11 Å². The van der Waals surface area contributed by atoms with E-state index in [9.17, 15) is 4.79 Å². The van der Waals surface area contributed by atoms with Crippen molar-refractivity contribution in [3.05, 3.63) is 60.4 Å². The van der Waals surface area contributed by atoms with Crippen LogP contribution in [-0.2, 0) is 23.7 Å². The Morgan fingerprint density at radius 3 is 2.45 bits per heavy atom. The number of fused-ring (bicyclic) bond motifs is 1. The molecular formula is C23H28O6. The lowest BCUT2D eigenvalue weighted by molar-refractivity contribution is -0.131. The third-order valence-electron chi connectivity index (χ3n) is 3.54. The summed E-state index contributed by atoms with van der Waals surface area (Å²) in [5, 5.41) is 10.3. The minimum Gasteiger partial charge on any atom is -0.504 e. The standard InChI is InChI=1S/C19H22O3.C4H6O3/c1-19(2,22-15-21-13-12-20-3)11-10-16-8-9-17-6-4-5-7-18(17)14-16;1-7-3-2-4(5)6/h4-9,14H,12-13,15H2,1-3H3;2-3H,1H3,(H,5,6). The topological polar surface area (TPSA) is 74.2 Å². The summed E-state index contributed by atoms with van der Waals surface area (Å²) in [5.74, 6) is 5.32. The maximum absolute atomic E-state index is 9.59. The first kappa shape index (κ1) is 24.2. The van der Waals surface area contributed by atoms with Gasteiger partial charge in [-0.2, -0.15) is 0 Å². The molecule has 2 aromatic rings. The molecule has 0 saturated carbocycles. The molecule has 0 atom stereocenters. The Morgan fingerprint density at radius 2 is 1.83 bits per heavy atom. The highest BCUT2D eigenvalue weighted by Gasteiger charge is 2.14. The molecule has 0 fully saturated rings. The van der Waals surface area contributed by atoms with Crippen molar-refractivity contribution < 1.29 is 28.8 Å². The van der Waals surface area contributed by atoms with Crippen molar-refractivity contribution in [1.29, 1.82) is 0 Å². The summed E-state index contributed by atoms with van der Waals surface area (Å²) in [6.07, 6.45) is 2.02. The van der Waals surface area contributed by atoms with Crippen molar-refractivity contribution in [3.8, 4) is 11.8 Å². The number of hydrogen-bond acceptors (Lipinski definition) is 5. The summed E-state index contributed by atoms with van der Waals surface area (Å²) >= 11 is 0. The highest BCUT2D eigenvalue weighted by molar-refractivity contribution is 5.83. The lowest BCUT2D eigenvalue weighted by atomic mass is 10.1. The lowest BCUT2D eigenvalue weighted by Crippen LogP contribution is -2.24. The average molecular weight is 400 g/mol. The zero-order valence-corrected chi connectivity index (χ0v) is 17.3. The first-order valence-corrected chi connectivity index (χ1v) is 9.03. The van der Waals surface area contributed by atoms with Crippen molar-refractivity contribution in [3.63, 3.8) is 0 Å². The smallest absolute Gasteiger partial charge is 0.331 e. The normalized spacial score (nSPS) is 10.8. The van der Waals surface area contributed by atoms with Crippen LogP contribution in [0.4, 0.5) is 0 Å². The number of carboxylic acids is 1. The Morgan fingerprint density at radius 1 is 1.10 bits per heavy atom. The molecule has 2 aromatic carbocycles. The van der Waals surface area contributed by atoms with Gasteiger partial charge >= 0.3 is 5.97 Å². The molecule has 156 valence electrons. The number of carboxylic acid groups (broad SMARTS) is 1. The summed E-state index contributed by atoms with van der Waals surface area (Å²) in [4.78, 5) is 9.59. The quantitative estimate of drug-likeness (QED) is 0.239. The van der Waals surface area contributed by atoms with Crippen molar-refractivity contribution in [2.45, 2.75) is 19.4 Å². The van der Waals surface area contributed by atoms with Gasteiger partial charge in [-0.25, -0.2) is 4.79 Å².